The number of amides is 1. The van der Waals surface area contributed by atoms with Gasteiger partial charge in [0, 0.05) is 14.2 Å². The Morgan fingerprint density at radius 1 is 1.31 bits per heavy atom. The maximum absolute atomic E-state index is 12.3. The molecule has 5 nitrogen and oxygen atoms in total. The van der Waals surface area contributed by atoms with Gasteiger partial charge in [0.1, 0.15) is 17.2 Å². The van der Waals surface area contributed by atoms with Gasteiger partial charge < -0.3 is 15.2 Å². The van der Waals surface area contributed by atoms with Crippen LogP contribution < -0.4 is 10.1 Å². The number of hydrogen-bond donors (Lipinski definition) is 2. The molecule has 0 radical (unpaired) electrons. The standard InChI is InChI=1S/C17H11ClI2N2O3S/c1-25-13-3-2-9(18)6-12(13)21-17-22-16(24)14(26-17)5-8-4-10(19)7-11(20)15(8)23/h2-7,23H,1H3,(H,21,22,24)/b14-5-. The van der Waals surface area contributed by atoms with E-state index in [0.717, 1.165) is 7.14 Å². The Morgan fingerprint density at radius 3 is 2.81 bits per heavy atom. The third kappa shape index (κ3) is 4.46. The lowest BCUT2D eigenvalue weighted by atomic mass is 10.2. The van der Waals surface area contributed by atoms with Crippen molar-refractivity contribution in [3.8, 4) is 11.5 Å². The molecular formula is C17H11ClI2N2O3S. The average Bonchev–Trinajstić information content (AvgIpc) is 2.91. The number of aromatic hydroxyl groups is 1. The minimum absolute atomic E-state index is 0.147. The monoisotopic (exact) mass is 612 g/mol. The number of hydrogen-bond acceptors (Lipinski definition) is 5. The lowest BCUT2D eigenvalue weighted by molar-refractivity contribution is -0.115. The summed E-state index contributed by atoms with van der Waals surface area (Å²) >= 11 is 11.4. The van der Waals surface area contributed by atoms with Gasteiger partial charge in [-0.05, 0) is 93.4 Å². The molecule has 3 rings (SSSR count). The van der Waals surface area contributed by atoms with E-state index >= 15 is 0 Å². The summed E-state index contributed by atoms with van der Waals surface area (Å²) in [5.41, 5.74) is 1.11. The van der Waals surface area contributed by atoms with Gasteiger partial charge in [0.15, 0.2) is 5.17 Å². The summed E-state index contributed by atoms with van der Waals surface area (Å²) in [5, 5.41) is 13.9. The first kappa shape index (κ1) is 19.8. The van der Waals surface area contributed by atoms with Gasteiger partial charge in [0.2, 0.25) is 0 Å². The molecule has 0 aliphatic carbocycles. The first-order chi connectivity index (χ1) is 12.4. The van der Waals surface area contributed by atoms with Crippen molar-refractivity contribution in [1.29, 1.82) is 0 Å². The molecule has 2 aromatic rings. The molecule has 1 aliphatic rings. The van der Waals surface area contributed by atoms with E-state index in [1.807, 2.05) is 12.1 Å². The number of nitrogens with one attached hydrogen (secondary N) is 1. The van der Waals surface area contributed by atoms with Crippen molar-refractivity contribution in [3.05, 3.63) is 53.0 Å². The van der Waals surface area contributed by atoms with Crippen molar-refractivity contribution >= 4 is 91.4 Å². The van der Waals surface area contributed by atoms with Crippen LogP contribution >= 0.6 is 68.5 Å². The number of amidine groups is 1. The summed E-state index contributed by atoms with van der Waals surface area (Å²) < 4.78 is 6.96. The Balaban J connectivity index is 1.94. The first-order valence-electron chi connectivity index (χ1n) is 7.18. The Bertz CT molecular complexity index is 963. The van der Waals surface area contributed by atoms with E-state index in [0.29, 0.717) is 32.1 Å². The Morgan fingerprint density at radius 2 is 2.08 bits per heavy atom. The zero-order chi connectivity index (χ0) is 18.8. The number of thioether (sulfide) groups is 1. The highest BCUT2D eigenvalue weighted by atomic mass is 127. The fraction of sp³-hybridized carbons (Fsp3) is 0.0588. The molecule has 0 unspecified atom stereocenters. The molecule has 0 spiro atoms. The molecule has 0 bridgehead atoms. The summed E-state index contributed by atoms with van der Waals surface area (Å²) in [4.78, 5) is 17.1. The maximum atomic E-state index is 12.3. The Hall–Kier alpha value is -0.980. The molecule has 2 N–H and O–H groups in total. The van der Waals surface area contributed by atoms with Crippen LogP contribution in [0.5, 0.6) is 11.5 Å². The predicted octanol–water partition coefficient (Wildman–Crippen LogP) is 5.16. The molecule has 134 valence electrons. The number of nitrogens with zero attached hydrogens (tertiary/aromatic N) is 1. The summed E-state index contributed by atoms with van der Waals surface area (Å²) in [7, 11) is 1.54. The average molecular weight is 613 g/mol. The molecule has 9 heteroatoms. The highest BCUT2D eigenvalue weighted by Gasteiger charge is 2.25. The molecule has 1 aliphatic heterocycles. The highest BCUT2D eigenvalue weighted by molar-refractivity contribution is 14.1. The maximum Gasteiger partial charge on any atom is 0.264 e. The third-order valence-corrected chi connectivity index (χ3v) is 5.95. The van der Waals surface area contributed by atoms with Gasteiger partial charge in [0.05, 0.1) is 15.6 Å². The van der Waals surface area contributed by atoms with Crippen LogP contribution in [0.4, 0.5) is 5.69 Å². The Kier molecular flexibility index (Phi) is 6.36. The lowest BCUT2D eigenvalue weighted by Crippen LogP contribution is -2.19. The SMILES string of the molecule is COc1ccc(Cl)cc1N=C1NC(=O)/C(=C/c2cc(I)cc(I)c2O)S1. The van der Waals surface area contributed by atoms with Crippen molar-refractivity contribution in [1.82, 2.24) is 5.32 Å². The van der Waals surface area contributed by atoms with Crippen LogP contribution in [0.1, 0.15) is 5.56 Å². The van der Waals surface area contributed by atoms with Gasteiger partial charge in [-0.25, -0.2) is 4.99 Å². The first-order valence-corrected chi connectivity index (χ1v) is 10.5. The third-order valence-electron chi connectivity index (χ3n) is 3.36. The van der Waals surface area contributed by atoms with Crippen LogP contribution in [-0.2, 0) is 4.79 Å². The summed E-state index contributed by atoms with van der Waals surface area (Å²) in [6.45, 7) is 0. The number of carbonyl (C=O) groups is 1. The van der Waals surface area contributed by atoms with Gasteiger partial charge in [0.25, 0.3) is 5.91 Å². The van der Waals surface area contributed by atoms with E-state index < -0.39 is 0 Å². The second kappa shape index (κ2) is 8.36. The van der Waals surface area contributed by atoms with Crippen LogP contribution in [0.3, 0.4) is 0 Å². The van der Waals surface area contributed by atoms with E-state index in [1.54, 1.807) is 31.4 Å². The fourth-order valence-electron chi connectivity index (χ4n) is 2.18. The number of phenols is 1. The van der Waals surface area contributed by atoms with Crippen molar-refractivity contribution in [2.75, 3.05) is 7.11 Å². The lowest BCUT2D eigenvalue weighted by Gasteiger charge is -2.05. The van der Waals surface area contributed by atoms with Crippen LogP contribution in [0.25, 0.3) is 6.08 Å². The van der Waals surface area contributed by atoms with Gasteiger partial charge in [-0.3, -0.25) is 4.79 Å². The van der Waals surface area contributed by atoms with Crippen LogP contribution in [0.15, 0.2) is 40.2 Å². The van der Waals surface area contributed by atoms with Gasteiger partial charge in [-0.2, -0.15) is 0 Å². The number of ether oxygens (including phenoxy) is 1. The van der Waals surface area contributed by atoms with Gasteiger partial charge in [-0.1, -0.05) is 11.6 Å². The van der Waals surface area contributed by atoms with Crippen molar-refractivity contribution in [2.45, 2.75) is 0 Å². The molecule has 0 atom stereocenters. The second-order valence-electron chi connectivity index (χ2n) is 5.12. The number of benzene rings is 2. The van der Waals surface area contributed by atoms with Crippen molar-refractivity contribution in [3.63, 3.8) is 0 Å². The minimum atomic E-state index is -0.275. The number of carbonyl (C=O) groups excluding carboxylic acids is 1. The summed E-state index contributed by atoms with van der Waals surface area (Å²) in [5.74, 6) is 0.427. The quantitative estimate of drug-likeness (QED) is 0.372. The molecule has 1 amide bonds. The largest absolute Gasteiger partial charge is 0.506 e. The van der Waals surface area contributed by atoms with Gasteiger partial charge >= 0.3 is 0 Å². The molecule has 1 heterocycles. The van der Waals surface area contributed by atoms with E-state index in [-0.39, 0.29) is 11.7 Å². The normalized spacial score (nSPS) is 17.0. The van der Waals surface area contributed by atoms with E-state index in [9.17, 15) is 9.90 Å². The molecule has 1 saturated heterocycles. The molecule has 1 fully saturated rings. The van der Waals surface area contributed by atoms with Crippen LogP contribution in [-0.4, -0.2) is 23.3 Å². The van der Waals surface area contributed by atoms with Gasteiger partial charge in [-0.15, -0.1) is 0 Å². The zero-order valence-electron chi connectivity index (χ0n) is 13.2. The Labute approximate surface area is 186 Å². The van der Waals surface area contributed by atoms with Crippen LogP contribution in [0.2, 0.25) is 5.02 Å². The smallest absolute Gasteiger partial charge is 0.264 e. The highest BCUT2D eigenvalue weighted by Crippen LogP contribution is 2.35. The summed E-state index contributed by atoms with van der Waals surface area (Å²) in [6.07, 6.45) is 1.65. The number of halogens is 3. The number of phenolic OH excluding ortho intramolecular Hbond substituents is 1. The van der Waals surface area contributed by atoms with Crippen molar-refractivity contribution in [2.24, 2.45) is 4.99 Å². The summed E-state index contributed by atoms with van der Waals surface area (Å²) in [6, 6.07) is 8.76. The fourth-order valence-corrected chi connectivity index (χ4v) is 5.06. The molecular weight excluding hydrogens is 602 g/mol. The number of methoxy groups -OCH3 is 1. The molecule has 2 aromatic carbocycles. The molecule has 0 saturated carbocycles. The number of aliphatic imine (C=N–C) groups is 1. The molecule has 0 aromatic heterocycles. The van der Waals surface area contributed by atoms with E-state index in [1.165, 1.54) is 11.8 Å². The van der Waals surface area contributed by atoms with Crippen LogP contribution in [0, 0.1) is 7.14 Å². The zero-order valence-corrected chi connectivity index (χ0v) is 19.1. The second-order valence-corrected chi connectivity index (χ2v) is 9.00. The number of rotatable bonds is 3. The minimum Gasteiger partial charge on any atom is -0.506 e. The van der Waals surface area contributed by atoms with E-state index in [4.69, 9.17) is 16.3 Å². The molecule has 26 heavy (non-hydrogen) atoms. The van der Waals surface area contributed by atoms with Crippen molar-refractivity contribution < 1.29 is 14.6 Å². The van der Waals surface area contributed by atoms with E-state index in [2.05, 4.69) is 55.5 Å². The topological polar surface area (TPSA) is 70.9 Å². The predicted molar refractivity (Wildman–Crippen MR) is 122 cm³/mol.